The van der Waals surface area contributed by atoms with Crippen LogP contribution in [0, 0.1) is 12.7 Å². The molecular weight excluding hydrogens is 239 g/mol. The lowest BCUT2D eigenvalue weighted by Crippen LogP contribution is -2.17. The molecule has 0 saturated heterocycles. The van der Waals surface area contributed by atoms with E-state index >= 15 is 0 Å². The molecule has 1 N–H and O–H groups in total. The first-order chi connectivity index (χ1) is 9.19. The molecule has 2 rings (SSSR count). The zero-order chi connectivity index (χ0) is 13.7. The molecule has 19 heavy (non-hydrogen) atoms. The van der Waals surface area contributed by atoms with Crippen molar-refractivity contribution >= 4 is 0 Å². The zero-order valence-corrected chi connectivity index (χ0v) is 11.4. The maximum atomic E-state index is 13.5. The Labute approximate surface area is 113 Å². The van der Waals surface area contributed by atoms with E-state index in [2.05, 4.69) is 10.3 Å². The third-order valence-corrected chi connectivity index (χ3v) is 3.29. The number of aromatic nitrogens is 1. The van der Waals surface area contributed by atoms with Crippen LogP contribution < -0.4 is 5.32 Å². The molecule has 0 aliphatic heterocycles. The van der Waals surface area contributed by atoms with Crippen molar-refractivity contribution < 1.29 is 4.39 Å². The number of nitrogens with one attached hydrogen (secondary N) is 1. The monoisotopic (exact) mass is 258 g/mol. The standard InChI is InChI=1S/C16H19FN2/c1-12-9-14(11-15(17)10-12)16(18-2)4-3-13-5-7-19-8-6-13/h5-11,16,18H,3-4H2,1-2H3. The quantitative estimate of drug-likeness (QED) is 0.888. The van der Waals surface area contributed by atoms with E-state index in [1.54, 1.807) is 24.5 Å². The molecule has 1 unspecified atom stereocenters. The van der Waals surface area contributed by atoms with Gasteiger partial charge in [0.15, 0.2) is 0 Å². The highest BCUT2D eigenvalue weighted by Crippen LogP contribution is 2.21. The highest BCUT2D eigenvalue weighted by atomic mass is 19.1. The van der Waals surface area contributed by atoms with Gasteiger partial charge in [0, 0.05) is 18.4 Å². The van der Waals surface area contributed by atoms with Gasteiger partial charge in [-0.05, 0) is 67.8 Å². The zero-order valence-electron chi connectivity index (χ0n) is 11.4. The molecule has 0 fully saturated rings. The summed E-state index contributed by atoms with van der Waals surface area (Å²) < 4.78 is 13.5. The summed E-state index contributed by atoms with van der Waals surface area (Å²) in [4.78, 5) is 4.01. The topological polar surface area (TPSA) is 24.9 Å². The second kappa shape index (κ2) is 6.43. The molecule has 2 nitrogen and oxygen atoms in total. The Hall–Kier alpha value is -1.74. The van der Waals surface area contributed by atoms with E-state index in [9.17, 15) is 4.39 Å². The van der Waals surface area contributed by atoms with Gasteiger partial charge in [-0.1, -0.05) is 6.07 Å². The van der Waals surface area contributed by atoms with Crippen LogP contribution in [0.15, 0.2) is 42.7 Å². The minimum absolute atomic E-state index is 0.167. The minimum Gasteiger partial charge on any atom is -0.313 e. The summed E-state index contributed by atoms with van der Waals surface area (Å²) in [5.41, 5.74) is 3.22. The van der Waals surface area contributed by atoms with Crippen molar-refractivity contribution in [2.45, 2.75) is 25.8 Å². The van der Waals surface area contributed by atoms with Gasteiger partial charge in [-0.25, -0.2) is 4.39 Å². The molecule has 1 aromatic carbocycles. The number of benzene rings is 1. The number of hydrogen-bond acceptors (Lipinski definition) is 2. The van der Waals surface area contributed by atoms with Crippen molar-refractivity contribution in [2.24, 2.45) is 0 Å². The molecule has 3 heteroatoms. The normalized spacial score (nSPS) is 12.4. The maximum Gasteiger partial charge on any atom is 0.123 e. The van der Waals surface area contributed by atoms with Crippen LogP contribution in [0.3, 0.4) is 0 Å². The molecule has 2 aromatic rings. The fourth-order valence-electron chi connectivity index (χ4n) is 2.30. The average Bonchev–Trinajstić information content (AvgIpc) is 2.39. The predicted molar refractivity (Wildman–Crippen MR) is 75.5 cm³/mol. The summed E-state index contributed by atoms with van der Waals surface area (Å²) in [6, 6.07) is 9.41. The first-order valence-corrected chi connectivity index (χ1v) is 6.52. The lowest BCUT2D eigenvalue weighted by Gasteiger charge is -2.17. The molecule has 1 heterocycles. The molecular formula is C16H19FN2. The minimum atomic E-state index is -0.167. The molecule has 0 bridgehead atoms. The van der Waals surface area contributed by atoms with E-state index in [0.29, 0.717) is 0 Å². The van der Waals surface area contributed by atoms with Crippen LogP contribution in [-0.2, 0) is 6.42 Å². The molecule has 0 aliphatic rings. The highest BCUT2D eigenvalue weighted by Gasteiger charge is 2.11. The number of pyridine rings is 1. The largest absolute Gasteiger partial charge is 0.313 e. The molecule has 0 saturated carbocycles. The van der Waals surface area contributed by atoms with Gasteiger partial charge in [0.1, 0.15) is 5.82 Å². The van der Waals surface area contributed by atoms with Crippen molar-refractivity contribution in [1.82, 2.24) is 10.3 Å². The van der Waals surface area contributed by atoms with E-state index in [1.807, 2.05) is 32.2 Å². The average molecular weight is 258 g/mol. The van der Waals surface area contributed by atoms with E-state index in [1.165, 1.54) is 5.56 Å². The van der Waals surface area contributed by atoms with E-state index in [4.69, 9.17) is 0 Å². The Morgan fingerprint density at radius 1 is 1.21 bits per heavy atom. The predicted octanol–water partition coefficient (Wildman–Crippen LogP) is 3.42. The summed E-state index contributed by atoms with van der Waals surface area (Å²) in [5, 5.41) is 3.26. The summed E-state index contributed by atoms with van der Waals surface area (Å²) in [6.45, 7) is 1.92. The summed E-state index contributed by atoms with van der Waals surface area (Å²) in [5.74, 6) is -0.167. The van der Waals surface area contributed by atoms with Gasteiger partial charge in [0.25, 0.3) is 0 Å². The first-order valence-electron chi connectivity index (χ1n) is 6.52. The van der Waals surface area contributed by atoms with Crippen molar-refractivity contribution in [2.75, 3.05) is 7.05 Å². The third-order valence-electron chi connectivity index (χ3n) is 3.29. The van der Waals surface area contributed by atoms with Crippen molar-refractivity contribution in [3.63, 3.8) is 0 Å². The Bertz CT molecular complexity index is 505. The van der Waals surface area contributed by atoms with Gasteiger partial charge in [0.05, 0.1) is 0 Å². The van der Waals surface area contributed by atoms with E-state index in [-0.39, 0.29) is 11.9 Å². The number of nitrogens with zero attached hydrogens (tertiary/aromatic N) is 1. The third kappa shape index (κ3) is 3.86. The van der Waals surface area contributed by atoms with Crippen LogP contribution >= 0.6 is 0 Å². The number of rotatable bonds is 5. The Morgan fingerprint density at radius 3 is 2.58 bits per heavy atom. The van der Waals surface area contributed by atoms with Crippen LogP contribution in [-0.4, -0.2) is 12.0 Å². The fraction of sp³-hybridized carbons (Fsp3) is 0.312. The van der Waals surface area contributed by atoms with Gasteiger partial charge < -0.3 is 5.32 Å². The van der Waals surface area contributed by atoms with Gasteiger partial charge >= 0.3 is 0 Å². The summed E-state index contributed by atoms with van der Waals surface area (Å²) in [7, 11) is 1.91. The van der Waals surface area contributed by atoms with Crippen LogP contribution in [0.4, 0.5) is 4.39 Å². The molecule has 100 valence electrons. The number of hydrogen-bond donors (Lipinski definition) is 1. The van der Waals surface area contributed by atoms with Crippen LogP contribution in [0.5, 0.6) is 0 Å². The van der Waals surface area contributed by atoms with Crippen molar-refractivity contribution in [3.05, 3.63) is 65.2 Å². The Balaban J connectivity index is 2.07. The van der Waals surface area contributed by atoms with E-state index < -0.39 is 0 Å². The maximum absolute atomic E-state index is 13.5. The summed E-state index contributed by atoms with van der Waals surface area (Å²) in [6.07, 6.45) is 5.49. The SMILES string of the molecule is CNC(CCc1ccncc1)c1cc(C)cc(F)c1. The molecule has 0 aliphatic carbocycles. The molecule has 0 spiro atoms. The van der Waals surface area contributed by atoms with Crippen LogP contribution in [0.1, 0.15) is 29.2 Å². The van der Waals surface area contributed by atoms with Gasteiger partial charge in [-0.3, -0.25) is 4.98 Å². The van der Waals surface area contributed by atoms with Crippen molar-refractivity contribution in [3.8, 4) is 0 Å². The molecule has 1 atom stereocenters. The summed E-state index contributed by atoms with van der Waals surface area (Å²) >= 11 is 0. The fourth-order valence-corrected chi connectivity index (χ4v) is 2.30. The van der Waals surface area contributed by atoms with Crippen LogP contribution in [0.25, 0.3) is 0 Å². The smallest absolute Gasteiger partial charge is 0.123 e. The lowest BCUT2D eigenvalue weighted by atomic mass is 9.98. The van der Waals surface area contributed by atoms with Gasteiger partial charge in [0.2, 0.25) is 0 Å². The molecule has 0 amide bonds. The number of halogens is 1. The van der Waals surface area contributed by atoms with Crippen LogP contribution in [0.2, 0.25) is 0 Å². The first kappa shape index (κ1) is 13.7. The molecule has 0 radical (unpaired) electrons. The van der Waals surface area contributed by atoms with E-state index in [0.717, 1.165) is 24.0 Å². The van der Waals surface area contributed by atoms with Crippen molar-refractivity contribution in [1.29, 1.82) is 0 Å². The Kier molecular flexibility index (Phi) is 4.63. The van der Waals surface area contributed by atoms with Gasteiger partial charge in [-0.2, -0.15) is 0 Å². The second-order valence-corrected chi connectivity index (χ2v) is 4.80. The van der Waals surface area contributed by atoms with Gasteiger partial charge in [-0.15, -0.1) is 0 Å². The highest BCUT2D eigenvalue weighted by molar-refractivity contribution is 5.26. The Morgan fingerprint density at radius 2 is 1.95 bits per heavy atom. The molecule has 1 aromatic heterocycles. The second-order valence-electron chi connectivity index (χ2n) is 4.80. The number of aryl methyl sites for hydroxylation is 2. The lowest BCUT2D eigenvalue weighted by molar-refractivity contribution is 0.541.